The number of nitrogens with zero attached hydrogens (tertiary/aromatic N) is 2. The summed E-state index contributed by atoms with van der Waals surface area (Å²) < 4.78 is 1.78. The maximum atomic E-state index is 12.8. The van der Waals surface area contributed by atoms with Gasteiger partial charge in [-0.25, -0.2) is 0 Å². The molecule has 0 saturated carbocycles. The van der Waals surface area contributed by atoms with Gasteiger partial charge in [0.15, 0.2) is 0 Å². The van der Waals surface area contributed by atoms with Crippen LogP contribution in [0.1, 0.15) is 20.7 Å². The molecule has 2 amide bonds. The summed E-state index contributed by atoms with van der Waals surface area (Å²) in [4.78, 5) is 28.3. The van der Waals surface area contributed by atoms with E-state index in [2.05, 4.69) is 0 Å². The summed E-state index contributed by atoms with van der Waals surface area (Å²) in [7, 11) is 3.02. The summed E-state index contributed by atoms with van der Waals surface area (Å²) in [5, 5.41) is 37.1. The fourth-order valence-corrected chi connectivity index (χ4v) is 6.57. The van der Waals surface area contributed by atoms with Gasteiger partial charge in [0.2, 0.25) is 0 Å². The van der Waals surface area contributed by atoms with Crippen LogP contribution in [0.15, 0.2) is 6.07 Å². The van der Waals surface area contributed by atoms with Crippen LogP contribution in [0.2, 0.25) is 0 Å². The normalized spacial score (nSPS) is 13.2. The van der Waals surface area contributed by atoms with Gasteiger partial charge in [-0.3, -0.25) is 9.59 Å². The quantitative estimate of drug-likeness (QED) is 0.289. The van der Waals surface area contributed by atoms with Gasteiger partial charge in [0.05, 0.1) is 36.5 Å². The number of benzene rings is 1. The van der Waals surface area contributed by atoms with Gasteiger partial charge in [0, 0.05) is 37.9 Å². The third-order valence-electron chi connectivity index (χ3n) is 3.68. The average molecular weight is 718 g/mol. The number of hydrogen-bond acceptors (Lipinski definition) is 6. The van der Waals surface area contributed by atoms with Crippen molar-refractivity contribution in [2.24, 2.45) is 0 Å². The van der Waals surface area contributed by atoms with Crippen molar-refractivity contribution in [2.45, 2.75) is 12.2 Å². The number of likely N-dealkylation sites (N-methyl/N-ethyl adjacent to an activating group) is 2. The minimum absolute atomic E-state index is 0.0423. The van der Waals surface area contributed by atoms with Crippen LogP contribution < -0.4 is 0 Å². The van der Waals surface area contributed by atoms with E-state index in [4.69, 9.17) is 10.2 Å². The Hall–Kier alpha value is 0.190. The van der Waals surface area contributed by atoms with Crippen LogP contribution >= 0.6 is 67.8 Å². The number of carbonyl (C=O) groups is 2. The Balaban J connectivity index is 3.28. The molecule has 4 N–H and O–H groups in total. The van der Waals surface area contributed by atoms with Crippen LogP contribution in [0, 0.1) is 10.7 Å². The summed E-state index contributed by atoms with van der Waals surface area (Å²) in [5.41, 5.74) is 0.674. The zero-order valence-electron chi connectivity index (χ0n) is 14.7. The largest absolute Gasteiger partial charge is 0.394 e. The van der Waals surface area contributed by atoms with E-state index in [0.717, 1.165) is 0 Å². The summed E-state index contributed by atoms with van der Waals surface area (Å²) in [6.45, 7) is -1.00. The Bertz CT molecular complexity index is 649. The van der Waals surface area contributed by atoms with E-state index in [-0.39, 0.29) is 24.9 Å². The fourth-order valence-electron chi connectivity index (χ4n) is 2.28. The molecule has 152 valence electrons. The molecule has 1 rings (SSSR count). The highest BCUT2D eigenvalue weighted by Crippen LogP contribution is 2.29. The number of amides is 2. The highest BCUT2D eigenvalue weighted by molar-refractivity contribution is 14.1. The van der Waals surface area contributed by atoms with Crippen molar-refractivity contribution < 1.29 is 30.0 Å². The number of aliphatic hydroxyl groups is 4. The minimum Gasteiger partial charge on any atom is -0.394 e. The third kappa shape index (κ3) is 6.60. The molecule has 0 aliphatic rings. The van der Waals surface area contributed by atoms with Crippen LogP contribution in [0.25, 0.3) is 0 Å². The van der Waals surface area contributed by atoms with Crippen molar-refractivity contribution in [3.63, 3.8) is 0 Å². The standard InChI is InChI=1S/C16H21I3N2O6/c1-20(4-8(24)6-22)15(26)12-10(17)3-11(18)13(14(12)19)16(27)21(2)5-9(25)7-23/h3,8-9,22-25H,4-7H2,1-2H3. The van der Waals surface area contributed by atoms with Crippen molar-refractivity contribution in [1.82, 2.24) is 9.80 Å². The Morgan fingerprint density at radius 3 is 1.52 bits per heavy atom. The van der Waals surface area contributed by atoms with E-state index in [9.17, 15) is 19.8 Å². The van der Waals surface area contributed by atoms with Gasteiger partial charge in [0.1, 0.15) is 0 Å². The molecule has 2 unspecified atom stereocenters. The van der Waals surface area contributed by atoms with Crippen LogP contribution in [-0.2, 0) is 0 Å². The molecule has 0 heterocycles. The van der Waals surface area contributed by atoms with Gasteiger partial charge in [0.25, 0.3) is 11.8 Å². The molecule has 1 aromatic rings. The monoisotopic (exact) mass is 718 g/mol. The molecule has 0 aliphatic carbocycles. The second-order valence-electron chi connectivity index (χ2n) is 5.95. The van der Waals surface area contributed by atoms with Crippen molar-refractivity contribution in [1.29, 1.82) is 0 Å². The summed E-state index contributed by atoms with van der Waals surface area (Å²) in [6.07, 6.45) is -2.10. The molecule has 8 nitrogen and oxygen atoms in total. The number of halogens is 3. The molecule has 0 spiro atoms. The first-order chi connectivity index (χ1) is 12.5. The molecular formula is C16H21I3N2O6. The molecule has 0 radical (unpaired) electrons. The van der Waals surface area contributed by atoms with Gasteiger partial charge in [-0.2, -0.15) is 0 Å². The number of rotatable bonds is 8. The lowest BCUT2D eigenvalue weighted by Crippen LogP contribution is -2.38. The lowest BCUT2D eigenvalue weighted by atomic mass is 10.1. The maximum Gasteiger partial charge on any atom is 0.255 e. The number of carbonyl (C=O) groups excluding carboxylic acids is 2. The summed E-state index contributed by atoms with van der Waals surface area (Å²) in [5.74, 6) is -0.750. The number of hydrogen-bond donors (Lipinski definition) is 4. The molecule has 27 heavy (non-hydrogen) atoms. The van der Waals surface area contributed by atoms with Crippen molar-refractivity contribution in [3.8, 4) is 0 Å². The van der Waals surface area contributed by atoms with Crippen molar-refractivity contribution in [3.05, 3.63) is 27.9 Å². The summed E-state index contributed by atoms with van der Waals surface area (Å²) >= 11 is 5.99. The maximum absolute atomic E-state index is 12.8. The first-order valence-corrected chi connectivity index (χ1v) is 11.0. The molecule has 1 aromatic carbocycles. The Morgan fingerprint density at radius 1 is 0.889 bits per heavy atom. The van der Waals surface area contributed by atoms with E-state index in [1.54, 1.807) is 6.07 Å². The van der Waals surface area contributed by atoms with E-state index in [1.165, 1.54) is 23.9 Å². The number of aliphatic hydroxyl groups excluding tert-OH is 4. The lowest BCUT2D eigenvalue weighted by Gasteiger charge is -2.24. The molecule has 0 aliphatic heterocycles. The van der Waals surface area contributed by atoms with Crippen molar-refractivity contribution in [2.75, 3.05) is 40.4 Å². The molecule has 2 atom stereocenters. The van der Waals surface area contributed by atoms with Gasteiger partial charge in [-0.15, -0.1) is 0 Å². The topological polar surface area (TPSA) is 122 Å². The Labute approximate surface area is 198 Å². The predicted molar refractivity (Wildman–Crippen MR) is 125 cm³/mol. The zero-order chi connectivity index (χ0) is 20.9. The Kier molecular flexibility index (Phi) is 10.6. The second-order valence-corrected chi connectivity index (χ2v) is 9.35. The second kappa shape index (κ2) is 11.4. The molecular weight excluding hydrogens is 697 g/mol. The van der Waals surface area contributed by atoms with Crippen molar-refractivity contribution >= 4 is 79.6 Å². The first-order valence-electron chi connectivity index (χ1n) is 7.81. The van der Waals surface area contributed by atoms with E-state index >= 15 is 0 Å². The van der Waals surface area contributed by atoms with Gasteiger partial charge in [-0.05, 0) is 73.8 Å². The molecule has 0 saturated heterocycles. The Morgan fingerprint density at radius 2 is 1.22 bits per heavy atom. The average Bonchev–Trinajstić information content (AvgIpc) is 2.60. The SMILES string of the molecule is CN(CC(O)CO)C(=O)c1c(I)cc(I)c(C(=O)N(C)CC(O)CO)c1I. The zero-order valence-corrected chi connectivity index (χ0v) is 21.2. The van der Waals surface area contributed by atoms with E-state index < -0.39 is 25.4 Å². The molecule has 0 aromatic heterocycles. The minimum atomic E-state index is -1.05. The van der Waals surface area contributed by atoms with Gasteiger partial charge in [-0.1, -0.05) is 0 Å². The lowest BCUT2D eigenvalue weighted by molar-refractivity contribution is 0.0514. The highest BCUT2D eigenvalue weighted by atomic mass is 127. The smallest absolute Gasteiger partial charge is 0.255 e. The van der Waals surface area contributed by atoms with E-state index in [1.807, 2.05) is 67.8 Å². The van der Waals surface area contributed by atoms with Crippen LogP contribution in [0.5, 0.6) is 0 Å². The molecule has 0 fully saturated rings. The predicted octanol–water partition coefficient (Wildman–Crippen LogP) is 0.351. The third-order valence-corrected chi connectivity index (χ3v) is 6.46. The fraction of sp³-hybridized carbons (Fsp3) is 0.500. The van der Waals surface area contributed by atoms with Crippen LogP contribution in [0.3, 0.4) is 0 Å². The van der Waals surface area contributed by atoms with E-state index in [0.29, 0.717) is 21.8 Å². The summed E-state index contributed by atoms with van der Waals surface area (Å²) in [6, 6.07) is 1.72. The van der Waals surface area contributed by atoms with Gasteiger partial charge < -0.3 is 30.2 Å². The highest BCUT2D eigenvalue weighted by Gasteiger charge is 2.28. The first kappa shape index (κ1) is 25.2. The van der Waals surface area contributed by atoms with Crippen LogP contribution in [-0.4, -0.2) is 94.6 Å². The molecule has 0 bridgehead atoms. The molecule has 11 heteroatoms. The van der Waals surface area contributed by atoms with Gasteiger partial charge >= 0.3 is 0 Å². The van der Waals surface area contributed by atoms with Crippen LogP contribution in [0.4, 0.5) is 0 Å².